The van der Waals surface area contributed by atoms with E-state index in [2.05, 4.69) is 20.6 Å². The molecule has 1 aromatic heterocycles. The Morgan fingerprint density at radius 2 is 1.92 bits per heavy atom. The number of anilines is 2. The van der Waals surface area contributed by atoms with Gasteiger partial charge in [-0.15, -0.1) is 10.2 Å². The van der Waals surface area contributed by atoms with Crippen LogP contribution in [0.1, 0.15) is 12.8 Å². The van der Waals surface area contributed by atoms with Gasteiger partial charge >= 0.3 is 6.05 Å². The number of hydrogen-bond donors (Lipinski definition) is 2. The summed E-state index contributed by atoms with van der Waals surface area (Å²) in [6.07, 6.45) is 0.245. The molecular formula is C17H16F2N6. The molecule has 1 aliphatic heterocycles. The highest BCUT2D eigenvalue weighted by molar-refractivity contribution is 5.94. The third-order valence-corrected chi connectivity index (χ3v) is 4.42. The fourth-order valence-electron chi connectivity index (χ4n) is 3.26. The normalized spacial score (nSPS) is 16.3. The lowest BCUT2D eigenvalue weighted by molar-refractivity contribution is 0.0131. The van der Waals surface area contributed by atoms with Crippen molar-refractivity contribution in [2.75, 3.05) is 17.2 Å². The average molecular weight is 342 g/mol. The molecule has 0 aliphatic carbocycles. The van der Waals surface area contributed by atoms with Crippen LogP contribution in [0.5, 0.6) is 0 Å². The second-order valence-electron chi connectivity index (χ2n) is 5.94. The van der Waals surface area contributed by atoms with Crippen molar-refractivity contribution in [3.63, 3.8) is 0 Å². The van der Waals surface area contributed by atoms with Crippen molar-refractivity contribution in [2.24, 2.45) is 0 Å². The first-order valence-electron chi connectivity index (χ1n) is 7.95. The van der Waals surface area contributed by atoms with Gasteiger partial charge in [0.05, 0.1) is 16.9 Å². The third kappa shape index (κ3) is 2.59. The molecule has 0 amide bonds. The Bertz CT molecular complexity index is 880. The number of rotatable bonds is 3. The number of nitrogens with two attached hydrogens (primary N) is 1. The Hall–Kier alpha value is -3.03. The molecule has 1 saturated heterocycles. The zero-order valence-corrected chi connectivity index (χ0v) is 13.3. The predicted molar refractivity (Wildman–Crippen MR) is 91.0 cm³/mol. The smallest absolute Gasteiger partial charge is 0.325 e. The molecule has 128 valence electrons. The number of benzene rings is 2. The summed E-state index contributed by atoms with van der Waals surface area (Å²) in [6, 6.07) is 10.0. The quantitative estimate of drug-likeness (QED) is 0.563. The van der Waals surface area contributed by atoms with Gasteiger partial charge in [0.1, 0.15) is 0 Å². The standard InChI is InChI=1S/C17H16F2N6/c18-17(19)9-4-10-25(17)13-8-7-12(11-5-2-1-3-6-11)14(15(13)20)16-21-23-24-22-16/h1-3,5-8H,4,9-10,20H2,(H,21,22,23,24). The molecule has 1 aliphatic rings. The average Bonchev–Trinajstić information content (AvgIpc) is 3.25. The van der Waals surface area contributed by atoms with Gasteiger partial charge in [-0.1, -0.05) is 36.4 Å². The highest BCUT2D eigenvalue weighted by atomic mass is 19.3. The summed E-state index contributed by atoms with van der Waals surface area (Å²) < 4.78 is 28.4. The van der Waals surface area contributed by atoms with Crippen LogP contribution >= 0.6 is 0 Å². The van der Waals surface area contributed by atoms with Gasteiger partial charge < -0.3 is 10.6 Å². The number of hydrogen-bond acceptors (Lipinski definition) is 5. The van der Waals surface area contributed by atoms with E-state index in [1.54, 1.807) is 12.1 Å². The number of aromatic amines is 1. The van der Waals surface area contributed by atoms with E-state index < -0.39 is 6.05 Å². The lowest BCUT2D eigenvalue weighted by Crippen LogP contribution is -2.36. The first-order valence-corrected chi connectivity index (χ1v) is 7.95. The van der Waals surface area contributed by atoms with E-state index in [1.807, 2.05) is 30.3 Å². The number of H-pyrrole nitrogens is 1. The topological polar surface area (TPSA) is 83.7 Å². The molecule has 0 saturated carbocycles. The summed E-state index contributed by atoms with van der Waals surface area (Å²) in [6.45, 7) is 0.258. The van der Waals surface area contributed by atoms with E-state index in [9.17, 15) is 8.78 Å². The molecule has 3 aromatic rings. The number of tetrazole rings is 1. The molecule has 0 bridgehead atoms. The molecule has 6 nitrogen and oxygen atoms in total. The molecule has 0 radical (unpaired) electrons. The molecule has 3 N–H and O–H groups in total. The molecule has 0 atom stereocenters. The van der Waals surface area contributed by atoms with Gasteiger partial charge in [-0.3, -0.25) is 0 Å². The van der Waals surface area contributed by atoms with Crippen molar-refractivity contribution in [3.05, 3.63) is 42.5 Å². The van der Waals surface area contributed by atoms with E-state index in [-0.39, 0.29) is 24.5 Å². The van der Waals surface area contributed by atoms with Gasteiger partial charge in [0, 0.05) is 13.0 Å². The first-order chi connectivity index (χ1) is 12.1. The molecule has 0 unspecified atom stereocenters. The van der Waals surface area contributed by atoms with Crippen LogP contribution in [0.2, 0.25) is 0 Å². The Labute approximate surface area is 142 Å². The summed E-state index contributed by atoms with van der Waals surface area (Å²) in [5.74, 6) is 0.278. The van der Waals surface area contributed by atoms with Crippen molar-refractivity contribution < 1.29 is 8.78 Å². The summed E-state index contributed by atoms with van der Waals surface area (Å²) in [5, 5.41) is 14.0. The summed E-state index contributed by atoms with van der Waals surface area (Å²) in [7, 11) is 0. The van der Waals surface area contributed by atoms with Crippen LogP contribution in [0.3, 0.4) is 0 Å². The molecule has 1 fully saturated rings. The van der Waals surface area contributed by atoms with Crippen molar-refractivity contribution >= 4 is 11.4 Å². The first kappa shape index (κ1) is 15.5. The molecule has 8 heteroatoms. The van der Waals surface area contributed by atoms with E-state index in [4.69, 9.17) is 5.73 Å². The van der Waals surface area contributed by atoms with E-state index >= 15 is 0 Å². The van der Waals surface area contributed by atoms with Crippen LogP contribution in [-0.4, -0.2) is 33.2 Å². The molecular weight excluding hydrogens is 326 g/mol. The fourth-order valence-corrected chi connectivity index (χ4v) is 3.26. The second kappa shape index (κ2) is 5.80. The van der Waals surface area contributed by atoms with Gasteiger partial charge in [0.2, 0.25) is 5.82 Å². The Morgan fingerprint density at radius 1 is 1.12 bits per heavy atom. The summed E-state index contributed by atoms with van der Waals surface area (Å²) in [5.41, 5.74) is 9.00. The lowest BCUT2D eigenvalue weighted by atomic mass is 9.96. The zero-order chi connectivity index (χ0) is 17.4. The van der Waals surface area contributed by atoms with Crippen LogP contribution in [0.4, 0.5) is 20.2 Å². The van der Waals surface area contributed by atoms with Gasteiger partial charge in [0.25, 0.3) is 0 Å². The number of nitrogens with one attached hydrogen (secondary N) is 1. The van der Waals surface area contributed by atoms with Crippen molar-refractivity contribution in [3.8, 4) is 22.5 Å². The van der Waals surface area contributed by atoms with Crippen LogP contribution in [0.15, 0.2) is 42.5 Å². The third-order valence-electron chi connectivity index (χ3n) is 4.42. The zero-order valence-electron chi connectivity index (χ0n) is 13.3. The maximum atomic E-state index is 14.2. The van der Waals surface area contributed by atoms with Crippen molar-refractivity contribution in [2.45, 2.75) is 18.9 Å². The van der Waals surface area contributed by atoms with Crippen LogP contribution in [0.25, 0.3) is 22.5 Å². The second-order valence-corrected chi connectivity index (χ2v) is 5.94. The predicted octanol–water partition coefficient (Wildman–Crippen LogP) is 3.31. The Kier molecular flexibility index (Phi) is 3.60. The van der Waals surface area contributed by atoms with Gasteiger partial charge in [-0.05, 0) is 28.8 Å². The van der Waals surface area contributed by atoms with Gasteiger partial charge in [-0.2, -0.15) is 14.0 Å². The molecule has 2 heterocycles. The molecule has 25 heavy (non-hydrogen) atoms. The van der Waals surface area contributed by atoms with Crippen molar-refractivity contribution in [1.29, 1.82) is 0 Å². The summed E-state index contributed by atoms with van der Waals surface area (Å²) >= 11 is 0. The van der Waals surface area contributed by atoms with Crippen LogP contribution in [-0.2, 0) is 0 Å². The SMILES string of the molecule is Nc1c(N2CCCC2(F)F)ccc(-c2ccccc2)c1-c1nn[nH]n1. The van der Waals surface area contributed by atoms with Gasteiger partial charge in [-0.25, -0.2) is 0 Å². The minimum Gasteiger partial charge on any atom is -0.396 e. The highest BCUT2D eigenvalue weighted by Gasteiger charge is 2.42. The lowest BCUT2D eigenvalue weighted by Gasteiger charge is -2.28. The minimum atomic E-state index is -2.91. The number of aromatic nitrogens is 4. The fraction of sp³-hybridized carbons (Fsp3) is 0.235. The maximum absolute atomic E-state index is 14.2. The van der Waals surface area contributed by atoms with Crippen LogP contribution < -0.4 is 10.6 Å². The number of nitrogen functional groups attached to an aromatic ring is 1. The number of nitrogens with zero attached hydrogens (tertiary/aromatic N) is 4. The highest BCUT2D eigenvalue weighted by Crippen LogP contribution is 2.45. The van der Waals surface area contributed by atoms with Crippen LogP contribution in [0, 0.1) is 0 Å². The maximum Gasteiger partial charge on any atom is 0.325 e. The van der Waals surface area contributed by atoms with E-state index in [0.717, 1.165) is 16.0 Å². The Balaban J connectivity index is 1.92. The van der Waals surface area contributed by atoms with Gasteiger partial charge in [0.15, 0.2) is 0 Å². The monoisotopic (exact) mass is 342 g/mol. The molecule has 4 rings (SSSR count). The number of alkyl halides is 2. The number of halogens is 2. The van der Waals surface area contributed by atoms with Crippen molar-refractivity contribution in [1.82, 2.24) is 20.6 Å². The molecule has 0 spiro atoms. The Morgan fingerprint density at radius 3 is 2.56 bits per heavy atom. The largest absolute Gasteiger partial charge is 0.396 e. The molecule has 2 aromatic carbocycles. The van der Waals surface area contributed by atoms with E-state index in [1.165, 1.54) is 0 Å². The summed E-state index contributed by atoms with van der Waals surface area (Å²) in [4.78, 5) is 1.06. The van der Waals surface area contributed by atoms with E-state index in [0.29, 0.717) is 17.7 Å². The minimum absolute atomic E-state index is 0.176.